The van der Waals surface area contributed by atoms with Crippen molar-refractivity contribution >= 4 is 54.0 Å². The van der Waals surface area contributed by atoms with E-state index in [1.54, 1.807) is 6.07 Å². The first-order chi connectivity index (χ1) is 14.4. The highest BCUT2D eigenvalue weighted by atomic mass is 32.2. The van der Waals surface area contributed by atoms with Crippen LogP contribution >= 0.6 is 0 Å². The summed E-state index contributed by atoms with van der Waals surface area (Å²) in [5, 5.41) is 20.3. The van der Waals surface area contributed by atoms with Crippen molar-refractivity contribution in [2.45, 2.75) is 16.7 Å². The smallest absolute Gasteiger partial charge is 0.296 e. The minimum Gasteiger partial charge on any atom is -0.507 e. The van der Waals surface area contributed by atoms with E-state index in [1.807, 2.05) is 0 Å². The van der Waals surface area contributed by atoms with Crippen LogP contribution in [0.25, 0.3) is 10.8 Å². The van der Waals surface area contributed by atoms with E-state index in [9.17, 15) is 35.8 Å². The van der Waals surface area contributed by atoms with Gasteiger partial charge in [-0.1, -0.05) is 24.3 Å². The van der Waals surface area contributed by atoms with Crippen LogP contribution in [0.1, 0.15) is 6.92 Å². The van der Waals surface area contributed by atoms with Crippen LogP contribution < -0.4 is 5.32 Å². The molecule has 1 amide bonds. The molecule has 0 aliphatic carbocycles. The summed E-state index contributed by atoms with van der Waals surface area (Å²) in [6, 6.07) is 10.2. The second-order valence-corrected chi connectivity index (χ2v) is 9.08. The third-order valence-electron chi connectivity index (χ3n) is 4.05. The highest BCUT2D eigenvalue weighted by Crippen LogP contribution is 2.40. The molecule has 0 radical (unpaired) electrons. The van der Waals surface area contributed by atoms with Crippen LogP contribution in [-0.2, 0) is 25.0 Å². The van der Waals surface area contributed by atoms with Crippen molar-refractivity contribution in [2.24, 2.45) is 10.2 Å². The maximum atomic E-state index is 11.8. The number of anilines is 1. The summed E-state index contributed by atoms with van der Waals surface area (Å²) in [4.78, 5) is 9.74. The second-order valence-electron chi connectivity index (χ2n) is 6.30. The quantitative estimate of drug-likeness (QED) is 0.326. The van der Waals surface area contributed by atoms with Crippen molar-refractivity contribution in [3.8, 4) is 5.75 Å². The molecule has 0 aromatic heterocycles. The Labute approximate surface area is 176 Å². The second kappa shape index (κ2) is 8.03. The lowest BCUT2D eigenvalue weighted by molar-refractivity contribution is -0.114. The van der Waals surface area contributed by atoms with E-state index in [0.717, 1.165) is 18.2 Å². The molecule has 3 aromatic rings. The minimum absolute atomic E-state index is 0.0628. The molecular formula is C18H15N3O8S2. The summed E-state index contributed by atoms with van der Waals surface area (Å²) in [5.41, 5.74) is -0.661. The predicted octanol–water partition coefficient (Wildman–Crippen LogP) is 3.41. The van der Waals surface area contributed by atoms with Gasteiger partial charge in [0.15, 0.2) is 0 Å². The molecule has 0 atom stereocenters. The maximum absolute atomic E-state index is 11.8. The number of benzene rings is 3. The lowest BCUT2D eigenvalue weighted by atomic mass is 10.1. The molecule has 3 rings (SSSR count). The lowest BCUT2D eigenvalue weighted by Gasteiger charge is -2.09. The van der Waals surface area contributed by atoms with E-state index in [2.05, 4.69) is 15.5 Å². The summed E-state index contributed by atoms with van der Waals surface area (Å²) in [5.74, 6) is -0.913. The number of rotatable bonds is 5. The molecule has 0 saturated heterocycles. The number of nitrogens with zero attached hydrogens (tertiary/aromatic N) is 2. The molecule has 0 bridgehead atoms. The molecule has 3 aromatic carbocycles. The molecule has 13 heteroatoms. The maximum Gasteiger partial charge on any atom is 0.296 e. The Morgan fingerprint density at radius 3 is 2.06 bits per heavy atom. The molecule has 4 N–H and O–H groups in total. The van der Waals surface area contributed by atoms with Gasteiger partial charge in [-0.15, -0.1) is 10.2 Å². The summed E-state index contributed by atoms with van der Waals surface area (Å²) in [7, 11) is -9.64. The van der Waals surface area contributed by atoms with E-state index in [-0.39, 0.29) is 27.8 Å². The number of azo groups is 1. The van der Waals surface area contributed by atoms with Gasteiger partial charge in [-0.25, -0.2) is 0 Å². The van der Waals surface area contributed by atoms with Crippen LogP contribution in [0.3, 0.4) is 0 Å². The number of hydrogen-bond donors (Lipinski definition) is 4. The van der Waals surface area contributed by atoms with Gasteiger partial charge in [0, 0.05) is 29.4 Å². The van der Waals surface area contributed by atoms with E-state index in [0.29, 0.717) is 0 Å². The number of amides is 1. The van der Waals surface area contributed by atoms with Crippen molar-refractivity contribution in [1.29, 1.82) is 0 Å². The number of aromatic hydroxyl groups is 1. The number of fused-ring (bicyclic) bond motifs is 1. The van der Waals surface area contributed by atoms with E-state index < -0.39 is 41.7 Å². The Hall–Kier alpha value is -3.39. The summed E-state index contributed by atoms with van der Waals surface area (Å²) in [6.45, 7) is 1.20. The Morgan fingerprint density at radius 1 is 0.871 bits per heavy atom. The molecule has 0 unspecified atom stereocenters. The SMILES string of the molecule is CC(=O)Nc1ccc(N=Nc2c(S(=O)(=O)O)cc(O)c3ccccc23)c(S(=O)(=O)O)c1. The number of carbonyl (C=O) groups is 1. The first-order valence-corrected chi connectivity index (χ1v) is 11.3. The Balaban J connectivity index is 2.25. The molecule has 31 heavy (non-hydrogen) atoms. The van der Waals surface area contributed by atoms with Crippen LogP contribution in [0.4, 0.5) is 17.1 Å². The van der Waals surface area contributed by atoms with E-state index in [1.165, 1.54) is 31.2 Å². The van der Waals surface area contributed by atoms with Crippen molar-refractivity contribution in [3.05, 3.63) is 48.5 Å². The van der Waals surface area contributed by atoms with Crippen LogP contribution in [0.2, 0.25) is 0 Å². The van der Waals surface area contributed by atoms with Crippen LogP contribution in [0.5, 0.6) is 5.75 Å². The third kappa shape index (κ3) is 4.86. The van der Waals surface area contributed by atoms with Crippen LogP contribution in [0, 0.1) is 0 Å². The molecule has 0 fully saturated rings. The number of phenols is 1. The van der Waals surface area contributed by atoms with Crippen molar-refractivity contribution in [3.63, 3.8) is 0 Å². The van der Waals surface area contributed by atoms with Gasteiger partial charge in [0.25, 0.3) is 20.2 Å². The zero-order valence-corrected chi connectivity index (χ0v) is 17.3. The fourth-order valence-corrected chi connectivity index (χ4v) is 4.11. The lowest BCUT2D eigenvalue weighted by Crippen LogP contribution is -2.07. The fourth-order valence-electron chi connectivity index (χ4n) is 2.80. The summed E-state index contributed by atoms with van der Waals surface area (Å²) >= 11 is 0. The predicted molar refractivity (Wildman–Crippen MR) is 110 cm³/mol. The van der Waals surface area contributed by atoms with Crippen molar-refractivity contribution in [1.82, 2.24) is 0 Å². The van der Waals surface area contributed by atoms with Crippen molar-refractivity contribution in [2.75, 3.05) is 5.32 Å². The molecular weight excluding hydrogens is 450 g/mol. The van der Waals surface area contributed by atoms with E-state index >= 15 is 0 Å². The zero-order chi connectivity index (χ0) is 23.0. The standard InChI is InChI=1S/C18H15N3O8S2/c1-10(22)19-11-6-7-14(16(8-11)30(24,25)26)20-21-18-13-5-3-2-4-12(13)15(23)9-17(18)31(27,28)29/h2-9,23H,1H3,(H,19,22)(H,24,25,26)(H,27,28,29). The van der Waals surface area contributed by atoms with Gasteiger partial charge in [-0.3, -0.25) is 13.9 Å². The number of phenolic OH excluding ortho intramolecular Hbond substituents is 1. The topological polar surface area (TPSA) is 183 Å². The van der Waals surface area contributed by atoms with Gasteiger partial charge in [0.1, 0.15) is 26.9 Å². The third-order valence-corrected chi connectivity index (χ3v) is 5.80. The monoisotopic (exact) mass is 465 g/mol. The normalized spacial score (nSPS) is 12.4. The van der Waals surface area contributed by atoms with Gasteiger partial charge < -0.3 is 10.4 Å². The summed E-state index contributed by atoms with van der Waals surface area (Å²) in [6.07, 6.45) is 0. The summed E-state index contributed by atoms with van der Waals surface area (Å²) < 4.78 is 66.2. The molecule has 0 spiro atoms. The molecule has 0 aliphatic rings. The molecule has 0 heterocycles. The van der Waals surface area contributed by atoms with Gasteiger partial charge in [-0.05, 0) is 18.2 Å². The van der Waals surface area contributed by atoms with Crippen molar-refractivity contribution < 1.29 is 35.8 Å². The van der Waals surface area contributed by atoms with Gasteiger partial charge in [0.2, 0.25) is 5.91 Å². The Morgan fingerprint density at radius 2 is 1.48 bits per heavy atom. The number of nitrogens with one attached hydrogen (secondary N) is 1. The number of carbonyl (C=O) groups excluding carboxylic acids is 1. The molecule has 0 saturated carbocycles. The first-order valence-electron chi connectivity index (χ1n) is 8.41. The molecule has 11 nitrogen and oxygen atoms in total. The van der Waals surface area contributed by atoms with Gasteiger partial charge in [-0.2, -0.15) is 16.8 Å². The fraction of sp³-hybridized carbons (Fsp3) is 0.0556. The molecule has 162 valence electrons. The Kier molecular flexibility index (Phi) is 5.78. The van der Waals surface area contributed by atoms with Gasteiger partial charge >= 0.3 is 0 Å². The van der Waals surface area contributed by atoms with Crippen LogP contribution in [-0.4, -0.2) is 37.0 Å². The highest BCUT2D eigenvalue weighted by Gasteiger charge is 2.22. The molecule has 0 aliphatic heterocycles. The first kappa shape index (κ1) is 22.3. The van der Waals surface area contributed by atoms with E-state index in [4.69, 9.17) is 0 Å². The van der Waals surface area contributed by atoms with Crippen LogP contribution in [0.15, 0.2) is 68.6 Å². The zero-order valence-electron chi connectivity index (χ0n) is 15.7. The average molecular weight is 465 g/mol. The van der Waals surface area contributed by atoms with Gasteiger partial charge in [0.05, 0.1) is 0 Å². The minimum atomic E-state index is -4.84. The Bertz CT molecular complexity index is 1450. The largest absolute Gasteiger partial charge is 0.507 e. The number of hydrogen-bond acceptors (Lipinski definition) is 8. The average Bonchev–Trinajstić information content (AvgIpc) is 2.66. The highest BCUT2D eigenvalue weighted by molar-refractivity contribution is 7.86.